The van der Waals surface area contributed by atoms with Crippen LogP contribution in [0.5, 0.6) is 0 Å². The molecule has 1 fully saturated rings. The third-order valence-corrected chi connectivity index (χ3v) is 4.87. The van der Waals surface area contributed by atoms with Crippen LogP contribution in [-0.2, 0) is 6.54 Å². The van der Waals surface area contributed by atoms with Crippen molar-refractivity contribution in [1.29, 1.82) is 0 Å². The van der Waals surface area contributed by atoms with E-state index in [9.17, 15) is 9.18 Å². The molecule has 27 heavy (non-hydrogen) atoms. The van der Waals surface area contributed by atoms with E-state index in [4.69, 9.17) is 0 Å². The predicted octanol–water partition coefficient (Wildman–Crippen LogP) is 3.35. The summed E-state index contributed by atoms with van der Waals surface area (Å²) in [6.45, 7) is 2.43. The number of nitrogens with zero attached hydrogens (tertiary/aromatic N) is 3. The van der Waals surface area contributed by atoms with Crippen molar-refractivity contribution in [3.63, 3.8) is 0 Å². The van der Waals surface area contributed by atoms with E-state index in [0.717, 1.165) is 31.5 Å². The highest BCUT2D eigenvalue weighted by atomic mass is 19.1. The molecule has 0 unspecified atom stereocenters. The van der Waals surface area contributed by atoms with Crippen LogP contribution in [0.15, 0.2) is 59.5 Å². The van der Waals surface area contributed by atoms with E-state index in [1.807, 2.05) is 24.3 Å². The second-order valence-electron chi connectivity index (χ2n) is 6.94. The van der Waals surface area contributed by atoms with Crippen molar-refractivity contribution in [3.8, 4) is 11.4 Å². The molecule has 0 spiro atoms. The van der Waals surface area contributed by atoms with Gasteiger partial charge in [0.25, 0.3) is 5.56 Å². The molecule has 3 heterocycles. The summed E-state index contributed by atoms with van der Waals surface area (Å²) in [6, 6.07) is 13.8. The van der Waals surface area contributed by atoms with Crippen molar-refractivity contribution < 1.29 is 4.39 Å². The summed E-state index contributed by atoms with van der Waals surface area (Å²) in [6.07, 6.45) is 3.67. The number of pyridine rings is 1. The SMILES string of the molecule is O=c1cc(-c2ccccn2)nc([C@@H]2CCCN(Cc3cccc(F)c3)C2)[nH]1. The van der Waals surface area contributed by atoms with E-state index in [1.165, 1.54) is 12.1 Å². The van der Waals surface area contributed by atoms with Gasteiger partial charge in [-0.2, -0.15) is 0 Å². The molecule has 2 aromatic heterocycles. The summed E-state index contributed by atoms with van der Waals surface area (Å²) in [4.78, 5) is 26.3. The molecule has 0 bridgehead atoms. The van der Waals surface area contributed by atoms with Crippen LogP contribution in [0.4, 0.5) is 4.39 Å². The number of halogens is 1. The Hall–Kier alpha value is -2.86. The lowest BCUT2D eigenvalue weighted by molar-refractivity contribution is 0.196. The summed E-state index contributed by atoms with van der Waals surface area (Å²) in [5, 5.41) is 0. The first-order chi connectivity index (χ1) is 13.2. The molecular weight excluding hydrogens is 343 g/mol. The number of aromatic amines is 1. The maximum atomic E-state index is 13.4. The minimum absolute atomic E-state index is 0.142. The van der Waals surface area contributed by atoms with Crippen molar-refractivity contribution in [1.82, 2.24) is 19.9 Å². The van der Waals surface area contributed by atoms with Gasteiger partial charge in [-0.3, -0.25) is 14.7 Å². The van der Waals surface area contributed by atoms with E-state index in [-0.39, 0.29) is 17.3 Å². The fraction of sp³-hybridized carbons (Fsp3) is 0.286. The van der Waals surface area contributed by atoms with Crippen molar-refractivity contribution >= 4 is 0 Å². The monoisotopic (exact) mass is 364 g/mol. The Morgan fingerprint density at radius 1 is 1.15 bits per heavy atom. The van der Waals surface area contributed by atoms with Gasteiger partial charge in [0.15, 0.2) is 0 Å². The molecule has 1 aliphatic rings. The van der Waals surface area contributed by atoms with Gasteiger partial charge in [-0.25, -0.2) is 9.37 Å². The second kappa shape index (κ2) is 7.80. The van der Waals surface area contributed by atoms with Crippen LogP contribution in [0, 0.1) is 5.82 Å². The van der Waals surface area contributed by atoms with Crippen LogP contribution in [-0.4, -0.2) is 32.9 Å². The molecule has 4 rings (SSSR count). The fourth-order valence-corrected chi connectivity index (χ4v) is 3.63. The zero-order valence-electron chi connectivity index (χ0n) is 14.9. The van der Waals surface area contributed by atoms with Gasteiger partial charge >= 0.3 is 0 Å². The smallest absolute Gasteiger partial charge is 0.251 e. The van der Waals surface area contributed by atoms with Crippen LogP contribution < -0.4 is 5.56 Å². The molecule has 0 amide bonds. The van der Waals surface area contributed by atoms with Crippen LogP contribution in [0.3, 0.4) is 0 Å². The van der Waals surface area contributed by atoms with E-state index in [2.05, 4.69) is 19.9 Å². The van der Waals surface area contributed by atoms with Crippen molar-refractivity contribution in [3.05, 3.63) is 82.3 Å². The minimum atomic E-state index is -0.213. The Balaban J connectivity index is 1.54. The number of rotatable bonds is 4. The summed E-state index contributed by atoms with van der Waals surface area (Å²) in [5.74, 6) is 0.630. The van der Waals surface area contributed by atoms with Crippen LogP contribution in [0.25, 0.3) is 11.4 Å². The molecule has 3 aromatic rings. The average Bonchev–Trinajstić information content (AvgIpc) is 2.68. The van der Waals surface area contributed by atoms with Crippen molar-refractivity contribution in [2.24, 2.45) is 0 Å². The molecule has 0 aliphatic carbocycles. The maximum absolute atomic E-state index is 13.4. The number of likely N-dealkylation sites (tertiary alicyclic amines) is 1. The fourth-order valence-electron chi connectivity index (χ4n) is 3.63. The Morgan fingerprint density at radius 3 is 2.89 bits per heavy atom. The lowest BCUT2D eigenvalue weighted by Gasteiger charge is -2.32. The lowest BCUT2D eigenvalue weighted by Crippen LogP contribution is -2.35. The molecule has 1 aromatic carbocycles. The number of piperidine rings is 1. The Bertz CT molecular complexity index is 973. The van der Waals surface area contributed by atoms with Gasteiger partial charge in [-0.15, -0.1) is 0 Å². The van der Waals surface area contributed by atoms with Crippen LogP contribution >= 0.6 is 0 Å². The molecule has 0 radical (unpaired) electrons. The highest BCUT2D eigenvalue weighted by Crippen LogP contribution is 2.26. The molecule has 5 nitrogen and oxygen atoms in total. The number of hydrogen-bond acceptors (Lipinski definition) is 4. The third-order valence-electron chi connectivity index (χ3n) is 4.87. The number of nitrogens with one attached hydrogen (secondary N) is 1. The van der Waals surface area contributed by atoms with Crippen LogP contribution in [0.1, 0.15) is 30.1 Å². The maximum Gasteiger partial charge on any atom is 0.251 e. The standard InChI is InChI=1S/C21H21FN4O/c22-17-7-3-5-15(11-17)13-26-10-4-6-16(14-26)21-24-19(12-20(27)25-21)18-8-1-2-9-23-18/h1-3,5,7-9,11-12,16H,4,6,10,13-14H2,(H,24,25,27)/t16-/m1/s1. The molecule has 0 saturated carbocycles. The lowest BCUT2D eigenvalue weighted by atomic mass is 9.96. The zero-order valence-corrected chi connectivity index (χ0v) is 14.9. The summed E-state index contributed by atoms with van der Waals surface area (Å²) >= 11 is 0. The first kappa shape index (κ1) is 17.5. The number of H-pyrrole nitrogens is 1. The Labute approximate surface area is 156 Å². The third kappa shape index (κ3) is 4.28. The highest BCUT2D eigenvalue weighted by Gasteiger charge is 2.24. The van der Waals surface area contributed by atoms with Gasteiger partial charge in [0, 0.05) is 31.3 Å². The van der Waals surface area contributed by atoms with E-state index in [1.54, 1.807) is 18.3 Å². The molecule has 1 N–H and O–H groups in total. The molecule has 6 heteroatoms. The Morgan fingerprint density at radius 2 is 2.07 bits per heavy atom. The van der Waals surface area contributed by atoms with Gasteiger partial charge in [0.2, 0.25) is 0 Å². The predicted molar refractivity (Wildman–Crippen MR) is 102 cm³/mol. The first-order valence-corrected chi connectivity index (χ1v) is 9.17. The summed E-state index contributed by atoms with van der Waals surface area (Å²) in [5.41, 5.74) is 2.08. The van der Waals surface area contributed by atoms with E-state index < -0.39 is 0 Å². The minimum Gasteiger partial charge on any atom is -0.310 e. The van der Waals surface area contributed by atoms with Crippen molar-refractivity contribution in [2.75, 3.05) is 13.1 Å². The number of hydrogen-bond donors (Lipinski definition) is 1. The summed E-state index contributed by atoms with van der Waals surface area (Å²) in [7, 11) is 0. The van der Waals surface area contributed by atoms with E-state index in [0.29, 0.717) is 23.8 Å². The van der Waals surface area contributed by atoms with Gasteiger partial charge in [-0.05, 0) is 49.2 Å². The zero-order chi connectivity index (χ0) is 18.6. The molecule has 1 atom stereocenters. The van der Waals surface area contributed by atoms with Crippen LogP contribution in [0.2, 0.25) is 0 Å². The molecule has 1 saturated heterocycles. The average molecular weight is 364 g/mol. The second-order valence-corrected chi connectivity index (χ2v) is 6.94. The normalized spacial score (nSPS) is 17.7. The largest absolute Gasteiger partial charge is 0.310 e. The topological polar surface area (TPSA) is 61.9 Å². The van der Waals surface area contributed by atoms with Crippen molar-refractivity contribution in [2.45, 2.75) is 25.3 Å². The highest BCUT2D eigenvalue weighted by molar-refractivity contribution is 5.52. The summed E-state index contributed by atoms with van der Waals surface area (Å²) < 4.78 is 13.4. The molecule has 138 valence electrons. The first-order valence-electron chi connectivity index (χ1n) is 9.17. The molecule has 1 aliphatic heterocycles. The number of aromatic nitrogens is 3. The van der Waals surface area contributed by atoms with Gasteiger partial charge < -0.3 is 4.98 Å². The van der Waals surface area contributed by atoms with E-state index >= 15 is 0 Å². The molecular formula is C21H21FN4O. The Kier molecular flexibility index (Phi) is 5.07. The number of benzene rings is 1. The van der Waals surface area contributed by atoms with Gasteiger partial charge in [0.1, 0.15) is 11.6 Å². The van der Waals surface area contributed by atoms with Gasteiger partial charge in [0.05, 0.1) is 11.4 Å². The quantitative estimate of drug-likeness (QED) is 0.771. The van der Waals surface area contributed by atoms with Gasteiger partial charge in [-0.1, -0.05) is 18.2 Å².